The zero-order valence-corrected chi connectivity index (χ0v) is 30.6. The molecule has 250 valence electrons. The number of hydrogen-bond donors (Lipinski definition) is 2. The van der Waals surface area contributed by atoms with Crippen LogP contribution < -0.4 is 5.43 Å². The van der Waals surface area contributed by atoms with Gasteiger partial charge in [-0.25, -0.2) is 18.2 Å². The number of amides is 2. The molecule has 1 unspecified atom stereocenters. The number of pyridine rings is 1. The summed E-state index contributed by atoms with van der Waals surface area (Å²) in [5, 5.41) is 11.0. The van der Waals surface area contributed by atoms with Crippen molar-refractivity contribution >= 4 is 96.8 Å². The number of aliphatic carboxylic acids is 1. The normalized spacial score (nSPS) is 17.1. The molecule has 2 heterocycles. The third kappa shape index (κ3) is 7.91. The van der Waals surface area contributed by atoms with E-state index in [0.717, 1.165) is 7.88 Å². The van der Waals surface area contributed by atoms with Gasteiger partial charge in [0.2, 0.25) is 10.0 Å². The van der Waals surface area contributed by atoms with E-state index < -0.39 is 45.8 Å². The zero-order valence-electron chi connectivity index (χ0n) is 24.6. The zero-order chi connectivity index (χ0) is 34.7. The summed E-state index contributed by atoms with van der Waals surface area (Å²) in [6.07, 6.45) is 2.30. The van der Waals surface area contributed by atoms with Crippen LogP contribution >= 0.6 is 69.0 Å². The lowest BCUT2D eigenvalue weighted by atomic mass is 9.91. The standard InChI is InChI=1S/C32H25Cl4IN4O6S/c33-20-13-21(34)15-23(14-20)48(46,47)40-11-10-24(19-6-8-22(37)9-7-19)29(40)31(43)41(27(32(44)45)12-18-4-2-1-3-5-18)39-30(42)28-25(35)16-38-17-26(28)36/h1-9,13-17,24,27,29H,10-12H2,(H,39,42)(H,44,45)/t24-,27+,29?/m1/s1. The second-order valence-corrected chi connectivity index (χ2v) is 15.6. The maximum absolute atomic E-state index is 14.9. The van der Waals surface area contributed by atoms with Gasteiger partial charge in [0.25, 0.3) is 11.8 Å². The van der Waals surface area contributed by atoms with Crippen molar-refractivity contribution in [3.63, 3.8) is 0 Å². The van der Waals surface area contributed by atoms with Crippen LogP contribution in [0.1, 0.15) is 33.8 Å². The Morgan fingerprint density at radius 1 is 0.958 bits per heavy atom. The van der Waals surface area contributed by atoms with Crippen molar-refractivity contribution in [3.05, 3.63) is 126 Å². The molecule has 5 rings (SSSR count). The van der Waals surface area contributed by atoms with E-state index in [1.807, 2.05) is 12.1 Å². The molecular formula is C32H25Cl4IN4O6S. The Balaban J connectivity index is 1.66. The molecule has 48 heavy (non-hydrogen) atoms. The smallest absolute Gasteiger partial charge is 0.328 e. The number of carbonyl (C=O) groups is 3. The summed E-state index contributed by atoms with van der Waals surface area (Å²) in [7, 11) is -4.45. The number of hydrazine groups is 1. The Bertz CT molecular complexity index is 1930. The SMILES string of the molecule is O=C(NN(C(=O)C1[C@@H](c2ccc(I)cc2)CCN1S(=O)(=O)c1cc(Cl)cc(Cl)c1)[C@@H](Cc1ccccc1)C(=O)O)c1c(Cl)cncc1Cl. The van der Waals surface area contributed by atoms with Crippen LogP contribution in [0.2, 0.25) is 20.1 Å². The highest BCUT2D eigenvalue weighted by Gasteiger charge is 2.50. The van der Waals surface area contributed by atoms with Crippen LogP contribution in [0, 0.1) is 3.57 Å². The van der Waals surface area contributed by atoms with Gasteiger partial charge in [0.1, 0.15) is 6.04 Å². The highest BCUT2D eigenvalue weighted by atomic mass is 127. The first kappa shape index (κ1) is 36.3. The summed E-state index contributed by atoms with van der Waals surface area (Å²) >= 11 is 26.9. The molecule has 10 nitrogen and oxygen atoms in total. The Morgan fingerprint density at radius 2 is 1.56 bits per heavy atom. The van der Waals surface area contributed by atoms with Gasteiger partial charge in [-0.15, -0.1) is 0 Å². The predicted octanol–water partition coefficient (Wildman–Crippen LogP) is 6.72. The second-order valence-electron chi connectivity index (χ2n) is 10.8. The Hall–Kier alpha value is -2.98. The van der Waals surface area contributed by atoms with E-state index >= 15 is 0 Å². The fraction of sp³-hybridized carbons (Fsp3) is 0.188. The molecule has 0 radical (unpaired) electrons. The summed E-state index contributed by atoms with van der Waals surface area (Å²) in [5.74, 6) is -4.19. The van der Waals surface area contributed by atoms with Gasteiger partial charge >= 0.3 is 5.97 Å². The van der Waals surface area contributed by atoms with Crippen molar-refractivity contribution in [1.82, 2.24) is 19.7 Å². The third-order valence-corrected chi connectivity index (χ3v) is 11.3. The van der Waals surface area contributed by atoms with E-state index in [0.29, 0.717) is 16.1 Å². The van der Waals surface area contributed by atoms with Crippen molar-refractivity contribution in [2.45, 2.75) is 35.7 Å². The third-order valence-electron chi connectivity index (χ3n) is 7.75. The number of rotatable bonds is 9. The Morgan fingerprint density at radius 3 is 2.15 bits per heavy atom. The van der Waals surface area contributed by atoms with Crippen LogP contribution in [-0.4, -0.2) is 64.2 Å². The molecule has 0 bridgehead atoms. The van der Waals surface area contributed by atoms with E-state index in [9.17, 15) is 27.9 Å². The summed E-state index contributed by atoms with van der Waals surface area (Å²) in [6.45, 7) is -0.111. The maximum Gasteiger partial charge on any atom is 0.328 e. The number of benzene rings is 3. The number of carboxylic acid groups (broad SMARTS) is 1. The fourth-order valence-electron chi connectivity index (χ4n) is 5.55. The minimum Gasteiger partial charge on any atom is -0.480 e. The van der Waals surface area contributed by atoms with Crippen LogP contribution in [0.4, 0.5) is 0 Å². The van der Waals surface area contributed by atoms with Gasteiger partial charge in [0.05, 0.1) is 20.5 Å². The monoisotopic (exact) mass is 860 g/mol. The van der Waals surface area contributed by atoms with Crippen molar-refractivity contribution in [2.24, 2.45) is 0 Å². The maximum atomic E-state index is 14.9. The number of carboxylic acids is 1. The van der Waals surface area contributed by atoms with E-state index in [2.05, 4.69) is 33.0 Å². The lowest BCUT2D eigenvalue weighted by molar-refractivity contribution is -0.154. The quantitative estimate of drug-likeness (QED) is 0.141. The summed E-state index contributed by atoms with van der Waals surface area (Å²) in [5.41, 5.74) is 3.32. The molecule has 4 aromatic rings. The average molecular weight is 862 g/mol. The summed E-state index contributed by atoms with van der Waals surface area (Å²) in [4.78, 5) is 45.1. The highest BCUT2D eigenvalue weighted by molar-refractivity contribution is 14.1. The molecule has 0 aliphatic carbocycles. The summed E-state index contributed by atoms with van der Waals surface area (Å²) in [6, 6.07) is 16.3. The lowest BCUT2D eigenvalue weighted by Crippen LogP contribution is -2.61. The number of hydrogen-bond acceptors (Lipinski definition) is 6. The number of nitrogens with one attached hydrogen (secondary N) is 1. The van der Waals surface area contributed by atoms with Crippen LogP contribution in [0.15, 0.2) is 90.1 Å². The number of aromatic nitrogens is 1. The van der Waals surface area contributed by atoms with Crippen LogP contribution in [-0.2, 0) is 26.0 Å². The largest absolute Gasteiger partial charge is 0.480 e. The van der Waals surface area contributed by atoms with Gasteiger partial charge in [-0.1, -0.05) is 88.9 Å². The molecule has 3 atom stereocenters. The van der Waals surface area contributed by atoms with Crippen molar-refractivity contribution in [1.29, 1.82) is 0 Å². The minimum atomic E-state index is -4.45. The minimum absolute atomic E-state index is 0.0612. The molecule has 0 saturated carbocycles. The van der Waals surface area contributed by atoms with E-state index in [4.69, 9.17) is 46.4 Å². The van der Waals surface area contributed by atoms with Crippen LogP contribution in [0.5, 0.6) is 0 Å². The van der Waals surface area contributed by atoms with Crippen molar-refractivity contribution in [3.8, 4) is 0 Å². The molecular weight excluding hydrogens is 837 g/mol. The fourth-order valence-corrected chi connectivity index (χ4v) is 8.81. The van der Waals surface area contributed by atoms with Gasteiger partial charge in [-0.05, 0) is 70.5 Å². The highest BCUT2D eigenvalue weighted by Crippen LogP contribution is 2.39. The van der Waals surface area contributed by atoms with Crippen LogP contribution in [0.25, 0.3) is 0 Å². The molecule has 0 spiro atoms. The number of nitrogens with zero attached hydrogens (tertiary/aromatic N) is 3. The van der Waals surface area contributed by atoms with E-state index in [-0.39, 0.29) is 49.9 Å². The lowest BCUT2D eigenvalue weighted by Gasteiger charge is -2.35. The molecule has 3 aromatic carbocycles. The molecule has 16 heteroatoms. The van der Waals surface area contributed by atoms with Crippen molar-refractivity contribution < 1.29 is 27.9 Å². The molecule has 2 amide bonds. The Labute approximate surface area is 310 Å². The molecule has 1 aromatic heterocycles. The van der Waals surface area contributed by atoms with Crippen LogP contribution in [0.3, 0.4) is 0 Å². The van der Waals surface area contributed by atoms with Gasteiger partial charge in [0, 0.05) is 44.9 Å². The van der Waals surface area contributed by atoms with Gasteiger partial charge in [0.15, 0.2) is 6.04 Å². The van der Waals surface area contributed by atoms with Gasteiger partial charge < -0.3 is 5.11 Å². The molecule has 2 N–H and O–H groups in total. The number of sulfonamides is 1. The number of halogens is 5. The molecule has 1 aliphatic rings. The average Bonchev–Trinajstić information content (AvgIpc) is 3.49. The first-order valence-electron chi connectivity index (χ1n) is 14.2. The van der Waals surface area contributed by atoms with Gasteiger partial charge in [-0.3, -0.25) is 20.0 Å². The van der Waals surface area contributed by atoms with E-state index in [1.54, 1.807) is 42.5 Å². The first-order chi connectivity index (χ1) is 22.8. The second kappa shape index (κ2) is 15.3. The molecule has 1 aliphatic heterocycles. The predicted molar refractivity (Wildman–Crippen MR) is 191 cm³/mol. The number of carbonyl (C=O) groups excluding carboxylic acids is 2. The van der Waals surface area contributed by atoms with Gasteiger partial charge in [-0.2, -0.15) is 4.31 Å². The van der Waals surface area contributed by atoms with Crippen molar-refractivity contribution in [2.75, 3.05) is 6.54 Å². The summed E-state index contributed by atoms with van der Waals surface area (Å²) < 4.78 is 30.4. The first-order valence-corrected chi connectivity index (χ1v) is 18.2. The Kier molecular flexibility index (Phi) is 11.6. The molecule has 1 saturated heterocycles. The topological polar surface area (TPSA) is 137 Å². The van der Waals surface area contributed by atoms with E-state index in [1.165, 1.54) is 30.6 Å². The molecule has 1 fully saturated rings.